The average Bonchev–Trinajstić information content (AvgIpc) is 3.83. The van der Waals surface area contributed by atoms with Crippen molar-refractivity contribution >= 4 is 44.9 Å². The van der Waals surface area contributed by atoms with Crippen molar-refractivity contribution in [3.63, 3.8) is 0 Å². The fourth-order valence-corrected chi connectivity index (χ4v) is 9.18. The first-order valence-corrected chi connectivity index (χ1v) is 18.7. The topological polar surface area (TPSA) is 18.1 Å². The second-order valence-electron chi connectivity index (χ2n) is 15.2. The van der Waals surface area contributed by atoms with Gasteiger partial charge in [-0.15, -0.1) is 0 Å². The Balaban J connectivity index is 1.19. The van der Waals surface area contributed by atoms with Gasteiger partial charge in [-0.1, -0.05) is 135 Å². The fourth-order valence-electron chi connectivity index (χ4n) is 9.18. The molecule has 2 heteroatoms. The van der Waals surface area contributed by atoms with Crippen LogP contribution in [0, 0.1) is 0 Å². The van der Waals surface area contributed by atoms with Gasteiger partial charge in [0, 0.05) is 38.0 Å². The Morgan fingerprint density at radius 1 is 0.472 bits per heavy atom. The van der Waals surface area contributed by atoms with Gasteiger partial charge in [-0.3, -0.25) is 0 Å². The lowest BCUT2D eigenvalue weighted by molar-refractivity contribution is 0.572. The van der Waals surface area contributed by atoms with Crippen molar-refractivity contribution in [3.8, 4) is 50.2 Å². The van der Waals surface area contributed by atoms with E-state index in [2.05, 4.69) is 182 Å². The Morgan fingerprint density at radius 2 is 1.15 bits per heavy atom. The van der Waals surface area contributed by atoms with Gasteiger partial charge in [0.1, 0.15) is 11.0 Å². The van der Waals surface area contributed by atoms with Crippen LogP contribution in [0.2, 0.25) is 0 Å². The van der Waals surface area contributed by atoms with Crippen LogP contribution in [0.15, 0.2) is 156 Å². The third-order valence-electron chi connectivity index (χ3n) is 11.8. The highest BCUT2D eigenvalue weighted by atomic mass is 16.3. The summed E-state index contributed by atoms with van der Waals surface area (Å²) in [5, 5.41) is 4.94. The summed E-state index contributed by atoms with van der Waals surface area (Å²) < 4.78 is 9.16. The number of hydrogen-bond acceptors (Lipinski definition) is 1. The molecular weight excluding hydrogens is 643 g/mol. The van der Waals surface area contributed by atoms with Gasteiger partial charge in [-0.05, 0) is 105 Å². The summed E-state index contributed by atoms with van der Waals surface area (Å²) in [4.78, 5) is 0. The van der Waals surface area contributed by atoms with Gasteiger partial charge in [0.05, 0.1) is 11.0 Å². The summed E-state index contributed by atoms with van der Waals surface area (Å²) in [5.74, 6) is 0. The average molecular weight is 680 g/mol. The normalized spacial score (nSPS) is 14.2. The first-order valence-electron chi connectivity index (χ1n) is 18.7. The van der Waals surface area contributed by atoms with Gasteiger partial charge in [0.15, 0.2) is 0 Å². The molecule has 0 N–H and O–H groups in total. The van der Waals surface area contributed by atoms with Gasteiger partial charge >= 0.3 is 0 Å². The molecule has 0 atom stereocenters. The Kier molecular flexibility index (Phi) is 6.46. The zero-order valence-electron chi connectivity index (χ0n) is 29.9. The standard InChI is InChI=1S/C51H37NO/c1-51(2)45-20-9-6-15-39(45)43-30-44-40-16-7-10-21-47(40)52(48(44)31-46(43)51)37-28-35(34-25-23-33(24-26-34)32-13-4-3-5-14-32)27-36(29-37)38-18-12-19-42-41-17-8-11-22-49(41)53-50(38)42/h3-7,9-10,12-31H,8,11H2,1-2H3. The van der Waals surface area contributed by atoms with E-state index in [-0.39, 0.29) is 5.41 Å². The molecule has 0 fully saturated rings. The quantitative estimate of drug-likeness (QED) is 0.181. The number of aromatic nitrogens is 1. The SMILES string of the molecule is CC1(C)c2ccccc2-c2cc3c4ccccc4n(-c4cc(-c5ccc(-c6ccccc6)cc5)cc(-c5cccc6c7c(oc56)=CCCC=7)c4)c3cc21. The molecule has 0 spiro atoms. The molecule has 0 bridgehead atoms. The lowest BCUT2D eigenvalue weighted by atomic mass is 9.82. The molecule has 0 unspecified atom stereocenters. The highest BCUT2D eigenvalue weighted by Crippen LogP contribution is 2.51. The minimum absolute atomic E-state index is 0.100. The van der Waals surface area contributed by atoms with Crippen molar-refractivity contribution in [2.75, 3.05) is 0 Å². The van der Waals surface area contributed by atoms with E-state index in [1.165, 1.54) is 76.9 Å². The summed E-state index contributed by atoms with van der Waals surface area (Å²) in [6.07, 6.45) is 6.63. The molecule has 7 aromatic carbocycles. The van der Waals surface area contributed by atoms with Crippen LogP contribution in [0.3, 0.4) is 0 Å². The van der Waals surface area contributed by atoms with Crippen LogP contribution >= 0.6 is 0 Å². The number of rotatable bonds is 4. The molecule has 2 aromatic heterocycles. The molecule has 0 aliphatic heterocycles. The molecule has 2 nitrogen and oxygen atoms in total. The molecule has 2 heterocycles. The molecule has 2 aliphatic carbocycles. The van der Waals surface area contributed by atoms with Crippen molar-refractivity contribution in [3.05, 3.63) is 173 Å². The molecule has 53 heavy (non-hydrogen) atoms. The maximum atomic E-state index is 6.67. The smallest absolute Gasteiger partial charge is 0.143 e. The van der Waals surface area contributed by atoms with Crippen molar-refractivity contribution in [2.24, 2.45) is 0 Å². The van der Waals surface area contributed by atoms with Crippen molar-refractivity contribution in [1.82, 2.24) is 4.57 Å². The fraction of sp³-hybridized carbons (Fsp3) is 0.0980. The number of fused-ring (bicyclic) bond motifs is 9. The molecular formula is C51H37NO. The lowest BCUT2D eigenvalue weighted by Crippen LogP contribution is -2.21. The molecule has 11 rings (SSSR count). The van der Waals surface area contributed by atoms with Crippen LogP contribution in [0.1, 0.15) is 37.8 Å². The van der Waals surface area contributed by atoms with E-state index in [9.17, 15) is 0 Å². The molecule has 2 aliphatic rings. The number of benzene rings is 7. The zero-order valence-corrected chi connectivity index (χ0v) is 29.9. The van der Waals surface area contributed by atoms with E-state index in [1.54, 1.807) is 0 Å². The highest BCUT2D eigenvalue weighted by Gasteiger charge is 2.36. The molecule has 0 saturated carbocycles. The van der Waals surface area contributed by atoms with Gasteiger partial charge in [0.25, 0.3) is 0 Å². The second kappa shape index (κ2) is 11.3. The molecule has 9 aromatic rings. The number of furan rings is 1. The first kappa shape index (κ1) is 30.3. The van der Waals surface area contributed by atoms with Crippen LogP contribution in [0.5, 0.6) is 0 Å². The van der Waals surface area contributed by atoms with Gasteiger partial charge < -0.3 is 8.98 Å². The number of hydrogen-bond donors (Lipinski definition) is 0. The Hall–Kier alpha value is -6.38. The van der Waals surface area contributed by atoms with Gasteiger partial charge in [0.2, 0.25) is 0 Å². The second-order valence-corrected chi connectivity index (χ2v) is 15.2. The Labute approximate surface area is 308 Å². The Morgan fingerprint density at radius 3 is 2.02 bits per heavy atom. The van der Waals surface area contributed by atoms with Crippen molar-refractivity contribution in [2.45, 2.75) is 32.1 Å². The van der Waals surface area contributed by atoms with Crippen molar-refractivity contribution in [1.29, 1.82) is 0 Å². The van der Waals surface area contributed by atoms with E-state index in [4.69, 9.17) is 4.42 Å². The summed E-state index contributed by atoms with van der Waals surface area (Å²) in [6.45, 7) is 4.74. The number of nitrogens with zero attached hydrogens (tertiary/aromatic N) is 1. The van der Waals surface area contributed by atoms with E-state index < -0.39 is 0 Å². The third kappa shape index (κ3) is 4.52. The largest absolute Gasteiger partial charge is 0.456 e. The maximum Gasteiger partial charge on any atom is 0.143 e. The van der Waals surface area contributed by atoms with E-state index in [0.29, 0.717) is 0 Å². The monoisotopic (exact) mass is 679 g/mol. The first-order chi connectivity index (χ1) is 26.0. The highest BCUT2D eigenvalue weighted by molar-refractivity contribution is 6.12. The third-order valence-corrected chi connectivity index (χ3v) is 11.8. The van der Waals surface area contributed by atoms with Crippen molar-refractivity contribution < 1.29 is 4.42 Å². The van der Waals surface area contributed by atoms with Crippen LogP contribution in [-0.2, 0) is 5.41 Å². The van der Waals surface area contributed by atoms with Gasteiger partial charge in [-0.2, -0.15) is 0 Å². The molecule has 0 amide bonds. The van der Waals surface area contributed by atoms with Crippen LogP contribution in [0.25, 0.3) is 95.1 Å². The van der Waals surface area contributed by atoms with E-state index in [0.717, 1.165) is 40.7 Å². The zero-order chi connectivity index (χ0) is 35.3. The summed E-state index contributed by atoms with van der Waals surface area (Å²) in [5.41, 5.74) is 17.9. The predicted molar refractivity (Wildman–Crippen MR) is 222 cm³/mol. The Bertz CT molecular complexity index is 3060. The van der Waals surface area contributed by atoms with Crippen LogP contribution in [0.4, 0.5) is 0 Å². The van der Waals surface area contributed by atoms with Gasteiger partial charge in [-0.25, -0.2) is 0 Å². The van der Waals surface area contributed by atoms with Crippen LogP contribution in [-0.4, -0.2) is 4.57 Å². The minimum atomic E-state index is -0.100. The van der Waals surface area contributed by atoms with Crippen LogP contribution < -0.4 is 10.6 Å². The molecule has 0 saturated heterocycles. The number of para-hydroxylation sites is 2. The van der Waals surface area contributed by atoms with E-state index >= 15 is 0 Å². The summed E-state index contributed by atoms with van der Waals surface area (Å²) in [7, 11) is 0. The maximum absolute atomic E-state index is 6.67. The summed E-state index contributed by atoms with van der Waals surface area (Å²) >= 11 is 0. The minimum Gasteiger partial charge on any atom is -0.456 e. The van der Waals surface area contributed by atoms with E-state index in [1.807, 2.05) is 0 Å². The molecule has 0 radical (unpaired) electrons. The predicted octanol–water partition coefficient (Wildman–Crippen LogP) is 12.2. The molecule has 252 valence electrons. The lowest BCUT2D eigenvalue weighted by Gasteiger charge is -2.22. The summed E-state index contributed by atoms with van der Waals surface area (Å²) in [6, 6.07) is 56.0.